The van der Waals surface area contributed by atoms with Crippen LogP contribution in [0, 0.1) is 16.7 Å². The first kappa shape index (κ1) is 27.7. The van der Waals surface area contributed by atoms with Gasteiger partial charge in [0.25, 0.3) is 0 Å². The second-order valence-corrected chi connectivity index (χ2v) is 12.2. The molecular formula is C28H28Br2ClN3O3. The highest BCUT2D eigenvalue weighted by atomic mass is 79.9. The van der Waals surface area contributed by atoms with E-state index in [1.54, 1.807) is 7.11 Å². The third-order valence-electron chi connectivity index (χ3n) is 6.66. The summed E-state index contributed by atoms with van der Waals surface area (Å²) in [6.45, 7) is 5.40. The molecule has 9 heteroatoms. The zero-order valence-electron chi connectivity index (χ0n) is 20.9. The SMILES string of the molecule is COCCN1C(N)=C(C#N)[C@@H](c2cc(Br)c(OCc3ccc(Cl)cc3)c(Br)c2)C2=C1CC(C)(C)CC2=O. The molecule has 1 atom stereocenters. The number of nitrogens with zero attached hydrogens (tertiary/aromatic N) is 2. The van der Waals surface area contributed by atoms with E-state index in [0.717, 1.165) is 16.8 Å². The zero-order valence-corrected chi connectivity index (χ0v) is 24.8. The molecule has 1 aliphatic heterocycles. The quantitative estimate of drug-likeness (QED) is 0.354. The molecule has 1 aliphatic carbocycles. The molecule has 0 amide bonds. The maximum atomic E-state index is 13.6. The Morgan fingerprint density at radius 1 is 1.19 bits per heavy atom. The highest BCUT2D eigenvalue weighted by molar-refractivity contribution is 9.11. The van der Waals surface area contributed by atoms with Crippen LogP contribution >= 0.6 is 43.5 Å². The summed E-state index contributed by atoms with van der Waals surface area (Å²) in [6.07, 6.45) is 1.09. The van der Waals surface area contributed by atoms with Crippen LogP contribution in [0.4, 0.5) is 0 Å². The van der Waals surface area contributed by atoms with Crippen molar-refractivity contribution in [1.29, 1.82) is 5.26 Å². The molecule has 2 aliphatic rings. The van der Waals surface area contributed by atoms with E-state index in [0.29, 0.717) is 69.3 Å². The Balaban J connectivity index is 1.76. The number of nitrogens with two attached hydrogens (primary N) is 1. The molecule has 37 heavy (non-hydrogen) atoms. The minimum absolute atomic E-state index is 0.0363. The van der Waals surface area contributed by atoms with Gasteiger partial charge in [-0.1, -0.05) is 37.6 Å². The molecule has 1 heterocycles. The number of halogens is 3. The maximum absolute atomic E-state index is 13.6. The van der Waals surface area contributed by atoms with Crippen molar-refractivity contribution in [3.63, 3.8) is 0 Å². The van der Waals surface area contributed by atoms with Gasteiger partial charge in [0.15, 0.2) is 5.78 Å². The third kappa shape index (κ3) is 5.75. The molecule has 0 saturated carbocycles. The van der Waals surface area contributed by atoms with Crippen LogP contribution in [-0.2, 0) is 16.1 Å². The molecular weight excluding hydrogens is 622 g/mol. The normalized spacial score (nSPS) is 19.1. The lowest BCUT2D eigenvalue weighted by atomic mass is 9.68. The van der Waals surface area contributed by atoms with Crippen molar-refractivity contribution in [1.82, 2.24) is 4.90 Å². The van der Waals surface area contributed by atoms with Gasteiger partial charge in [-0.05, 0) is 79.1 Å². The van der Waals surface area contributed by atoms with E-state index < -0.39 is 5.92 Å². The number of Topliss-reactive ketones (excluding diaryl/α,β-unsaturated/α-hetero) is 1. The number of ether oxygens (including phenoxy) is 2. The molecule has 4 rings (SSSR count). The van der Waals surface area contributed by atoms with Crippen molar-refractivity contribution in [2.45, 2.75) is 39.2 Å². The van der Waals surface area contributed by atoms with Gasteiger partial charge in [0.2, 0.25) is 0 Å². The van der Waals surface area contributed by atoms with E-state index in [1.165, 1.54) is 0 Å². The van der Waals surface area contributed by atoms with Crippen molar-refractivity contribution in [3.8, 4) is 11.8 Å². The number of rotatable bonds is 7. The molecule has 0 fully saturated rings. The molecule has 0 bridgehead atoms. The average molecular weight is 650 g/mol. The largest absolute Gasteiger partial charge is 0.487 e. The number of carbonyl (C=O) groups excluding carboxylic acids is 1. The van der Waals surface area contributed by atoms with Gasteiger partial charge in [-0.2, -0.15) is 5.26 Å². The summed E-state index contributed by atoms with van der Waals surface area (Å²) in [6, 6.07) is 13.6. The third-order valence-corrected chi connectivity index (χ3v) is 8.09. The zero-order chi connectivity index (χ0) is 26.9. The van der Waals surface area contributed by atoms with E-state index in [9.17, 15) is 10.1 Å². The fourth-order valence-corrected chi connectivity index (χ4v) is 6.54. The van der Waals surface area contributed by atoms with Crippen molar-refractivity contribution in [2.75, 3.05) is 20.3 Å². The molecule has 0 spiro atoms. The summed E-state index contributed by atoms with van der Waals surface area (Å²) in [5.74, 6) is 0.454. The lowest BCUT2D eigenvalue weighted by molar-refractivity contribution is -0.118. The number of carbonyl (C=O) groups is 1. The number of nitriles is 1. The summed E-state index contributed by atoms with van der Waals surface area (Å²) in [5, 5.41) is 10.9. The Hall–Kier alpha value is -2.31. The van der Waals surface area contributed by atoms with Crippen LogP contribution in [0.15, 0.2) is 68.0 Å². The lowest BCUT2D eigenvalue weighted by Crippen LogP contribution is -2.43. The molecule has 2 N–H and O–H groups in total. The van der Waals surface area contributed by atoms with E-state index in [1.807, 2.05) is 41.3 Å². The van der Waals surface area contributed by atoms with E-state index >= 15 is 0 Å². The molecule has 194 valence electrons. The number of hydrogen-bond donors (Lipinski definition) is 1. The summed E-state index contributed by atoms with van der Waals surface area (Å²) in [7, 11) is 1.62. The van der Waals surface area contributed by atoms with Crippen LogP contribution < -0.4 is 10.5 Å². The number of hydrogen-bond acceptors (Lipinski definition) is 6. The van der Waals surface area contributed by atoms with Crippen molar-refractivity contribution >= 4 is 49.2 Å². The van der Waals surface area contributed by atoms with Gasteiger partial charge in [0, 0.05) is 36.4 Å². The van der Waals surface area contributed by atoms with Gasteiger partial charge in [-0.3, -0.25) is 4.79 Å². The van der Waals surface area contributed by atoms with Gasteiger partial charge >= 0.3 is 0 Å². The van der Waals surface area contributed by atoms with Crippen molar-refractivity contribution < 1.29 is 14.3 Å². The molecule has 0 saturated heterocycles. The second kappa shape index (κ2) is 11.2. The Morgan fingerprint density at radius 3 is 2.43 bits per heavy atom. The molecule has 0 unspecified atom stereocenters. The summed E-state index contributed by atoms with van der Waals surface area (Å²) >= 11 is 13.3. The molecule has 2 aromatic carbocycles. The van der Waals surface area contributed by atoms with Crippen molar-refractivity contribution in [3.05, 3.63) is 84.2 Å². The Labute approximate surface area is 239 Å². The standard InChI is InChI=1S/C28H28Br2ClN3O3/c1-28(2)12-22-25(23(35)13-28)24(19(14-32)27(33)34(22)8-9-36-3)17-10-20(29)26(21(30)11-17)37-15-16-4-6-18(31)7-5-16/h4-7,10-11,24H,8-9,12-13,15,33H2,1-3H3/t24-/m1/s1. The monoisotopic (exact) mass is 647 g/mol. The fraction of sp³-hybridized carbons (Fsp3) is 0.357. The Bertz CT molecular complexity index is 1310. The van der Waals surface area contributed by atoms with Gasteiger partial charge in [-0.25, -0.2) is 0 Å². The second-order valence-electron chi connectivity index (χ2n) is 10.0. The van der Waals surface area contributed by atoms with Crippen LogP contribution in [0.1, 0.15) is 43.7 Å². The minimum Gasteiger partial charge on any atom is -0.487 e. The number of ketones is 1. The number of methoxy groups -OCH3 is 1. The predicted octanol–water partition coefficient (Wildman–Crippen LogP) is 6.83. The predicted molar refractivity (Wildman–Crippen MR) is 151 cm³/mol. The minimum atomic E-state index is -0.569. The Kier molecular flexibility index (Phi) is 8.39. The molecule has 0 radical (unpaired) electrons. The van der Waals surface area contributed by atoms with Crippen LogP contribution in [-0.4, -0.2) is 30.9 Å². The van der Waals surface area contributed by atoms with Crippen LogP contribution in [0.3, 0.4) is 0 Å². The summed E-state index contributed by atoms with van der Waals surface area (Å²) < 4.78 is 12.8. The van der Waals surface area contributed by atoms with Crippen LogP contribution in [0.25, 0.3) is 0 Å². The molecule has 2 aromatic rings. The van der Waals surface area contributed by atoms with Crippen molar-refractivity contribution in [2.24, 2.45) is 11.1 Å². The molecule has 6 nitrogen and oxygen atoms in total. The van der Waals surface area contributed by atoms with E-state index in [4.69, 9.17) is 26.8 Å². The smallest absolute Gasteiger partial charge is 0.162 e. The van der Waals surface area contributed by atoms with E-state index in [2.05, 4.69) is 51.8 Å². The average Bonchev–Trinajstić information content (AvgIpc) is 2.82. The first-order valence-electron chi connectivity index (χ1n) is 11.8. The first-order chi connectivity index (χ1) is 17.6. The topological polar surface area (TPSA) is 88.6 Å². The summed E-state index contributed by atoms with van der Waals surface area (Å²) in [5.41, 5.74) is 10.0. The lowest BCUT2D eigenvalue weighted by Gasteiger charge is -2.43. The van der Waals surface area contributed by atoms with Crippen LogP contribution in [0.2, 0.25) is 5.02 Å². The maximum Gasteiger partial charge on any atom is 0.162 e. The van der Waals surface area contributed by atoms with Gasteiger partial charge in [0.05, 0.1) is 33.1 Å². The molecule has 0 aromatic heterocycles. The summed E-state index contributed by atoms with van der Waals surface area (Å²) in [4.78, 5) is 15.5. The van der Waals surface area contributed by atoms with Crippen LogP contribution in [0.5, 0.6) is 5.75 Å². The van der Waals surface area contributed by atoms with Gasteiger partial charge in [0.1, 0.15) is 18.2 Å². The fourth-order valence-electron chi connectivity index (χ4n) is 4.97. The highest BCUT2D eigenvalue weighted by Gasteiger charge is 2.44. The van der Waals surface area contributed by atoms with E-state index in [-0.39, 0.29) is 11.2 Å². The number of benzene rings is 2. The Morgan fingerprint density at radius 2 is 1.84 bits per heavy atom. The number of allylic oxidation sites excluding steroid dienone is 3. The highest BCUT2D eigenvalue weighted by Crippen LogP contribution is 2.50. The van der Waals surface area contributed by atoms with Gasteiger partial charge < -0.3 is 20.1 Å². The van der Waals surface area contributed by atoms with Gasteiger partial charge in [-0.15, -0.1) is 0 Å². The first-order valence-corrected chi connectivity index (χ1v) is 13.8.